The zero-order valence-electron chi connectivity index (χ0n) is 15.9. The maximum Gasteiger partial charge on any atom is 0.335 e. The van der Waals surface area contributed by atoms with Gasteiger partial charge < -0.3 is 10.1 Å². The summed E-state index contributed by atoms with van der Waals surface area (Å²) in [5.74, 6) is -1.40. The predicted octanol–water partition coefficient (Wildman–Crippen LogP) is 3.98. The summed E-state index contributed by atoms with van der Waals surface area (Å²) in [6, 6.07) is 22.9. The van der Waals surface area contributed by atoms with Gasteiger partial charge in [0.25, 0.3) is 0 Å². The number of rotatable bonds is 7. The molecule has 0 radical (unpaired) electrons. The molecule has 1 aromatic heterocycles. The van der Waals surface area contributed by atoms with Gasteiger partial charge in [-0.3, -0.25) is 0 Å². The van der Waals surface area contributed by atoms with Crippen LogP contribution in [-0.2, 0) is 10.0 Å². The van der Waals surface area contributed by atoms with Crippen molar-refractivity contribution < 1.29 is 18.3 Å². The highest BCUT2D eigenvalue weighted by molar-refractivity contribution is 7.89. The molecule has 1 atom stereocenters. The van der Waals surface area contributed by atoms with E-state index in [-0.39, 0.29) is 22.9 Å². The van der Waals surface area contributed by atoms with Gasteiger partial charge in [0.2, 0.25) is 10.0 Å². The summed E-state index contributed by atoms with van der Waals surface area (Å²) in [6.07, 6.45) is 1.90. The third-order valence-electron chi connectivity index (χ3n) is 5.07. The lowest BCUT2D eigenvalue weighted by Crippen LogP contribution is -2.29. The fourth-order valence-electron chi connectivity index (χ4n) is 3.55. The van der Waals surface area contributed by atoms with Gasteiger partial charge in [-0.2, -0.15) is 0 Å². The number of aromatic amines is 1. The second-order valence-corrected chi connectivity index (χ2v) is 8.70. The summed E-state index contributed by atoms with van der Waals surface area (Å²) in [5.41, 5.74) is 2.86. The third-order valence-corrected chi connectivity index (χ3v) is 6.49. The summed E-state index contributed by atoms with van der Waals surface area (Å²) in [5, 5.41) is 10.2. The number of carboxylic acid groups (broad SMARTS) is 1. The van der Waals surface area contributed by atoms with Gasteiger partial charge in [-0.1, -0.05) is 54.6 Å². The highest BCUT2D eigenvalue weighted by atomic mass is 32.2. The number of carbonyl (C=O) groups is 1. The number of aromatic carboxylic acids is 1. The van der Waals surface area contributed by atoms with Crippen molar-refractivity contribution in [2.75, 3.05) is 6.54 Å². The van der Waals surface area contributed by atoms with E-state index >= 15 is 0 Å². The number of benzene rings is 3. The Kier molecular flexibility index (Phi) is 5.39. The Morgan fingerprint density at radius 1 is 0.967 bits per heavy atom. The van der Waals surface area contributed by atoms with Crippen LogP contribution < -0.4 is 4.72 Å². The van der Waals surface area contributed by atoms with Crippen LogP contribution in [0, 0.1) is 0 Å². The molecule has 0 aliphatic heterocycles. The summed E-state index contributed by atoms with van der Waals surface area (Å²) in [6.45, 7) is 0.130. The molecule has 0 fully saturated rings. The number of aromatic nitrogens is 1. The molecule has 6 nitrogen and oxygen atoms in total. The lowest BCUT2D eigenvalue weighted by molar-refractivity contribution is 0.0696. The molecule has 7 heteroatoms. The zero-order chi connectivity index (χ0) is 21.1. The number of hydrogen-bond donors (Lipinski definition) is 3. The average molecular weight is 420 g/mol. The molecule has 0 aliphatic carbocycles. The maximum absolute atomic E-state index is 12.9. The molecule has 3 N–H and O–H groups in total. The van der Waals surface area contributed by atoms with Crippen molar-refractivity contribution in [3.05, 3.63) is 102 Å². The van der Waals surface area contributed by atoms with Crippen LogP contribution in [0.25, 0.3) is 10.9 Å². The molecule has 30 heavy (non-hydrogen) atoms. The third kappa shape index (κ3) is 3.98. The number of sulfonamides is 1. The molecule has 0 bridgehead atoms. The Bertz CT molecular complexity index is 1300. The quantitative estimate of drug-likeness (QED) is 0.421. The first-order valence-electron chi connectivity index (χ1n) is 9.40. The minimum absolute atomic E-state index is 0.0749. The van der Waals surface area contributed by atoms with Crippen LogP contribution in [0.2, 0.25) is 0 Å². The Morgan fingerprint density at radius 2 is 1.70 bits per heavy atom. The first-order valence-corrected chi connectivity index (χ1v) is 10.9. The van der Waals surface area contributed by atoms with Crippen molar-refractivity contribution in [1.82, 2.24) is 9.71 Å². The minimum atomic E-state index is -3.89. The number of hydrogen-bond acceptors (Lipinski definition) is 3. The minimum Gasteiger partial charge on any atom is -0.478 e. The fraction of sp³-hybridized carbons (Fsp3) is 0.0870. The van der Waals surface area contributed by atoms with Crippen molar-refractivity contribution >= 4 is 26.9 Å². The second-order valence-electron chi connectivity index (χ2n) is 6.94. The molecule has 4 aromatic rings. The molecule has 0 saturated heterocycles. The Morgan fingerprint density at radius 3 is 2.47 bits per heavy atom. The monoisotopic (exact) mass is 420 g/mol. The van der Waals surface area contributed by atoms with E-state index in [9.17, 15) is 13.2 Å². The van der Waals surface area contributed by atoms with E-state index < -0.39 is 16.0 Å². The Labute approximate surface area is 174 Å². The average Bonchev–Trinajstić information content (AvgIpc) is 3.19. The fourth-order valence-corrected chi connectivity index (χ4v) is 4.64. The van der Waals surface area contributed by atoms with Gasteiger partial charge in [0, 0.05) is 29.6 Å². The molecule has 0 spiro atoms. The second kappa shape index (κ2) is 8.14. The van der Waals surface area contributed by atoms with Gasteiger partial charge >= 0.3 is 5.97 Å². The largest absolute Gasteiger partial charge is 0.478 e. The van der Waals surface area contributed by atoms with Crippen LogP contribution in [-0.4, -0.2) is 31.0 Å². The van der Waals surface area contributed by atoms with Crippen LogP contribution in [0.4, 0.5) is 0 Å². The number of para-hydroxylation sites is 1. The molecule has 0 saturated carbocycles. The lowest BCUT2D eigenvalue weighted by atomic mass is 9.91. The molecule has 0 unspecified atom stereocenters. The molecular weight excluding hydrogens is 400 g/mol. The van der Waals surface area contributed by atoms with Gasteiger partial charge in [-0.15, -0.1) is 0 Å². The smallest absolute Gasteiger partial charge is 0.335 e. The molecule has 0 aliphatic rings. The molecule has 4 rings (SSSR count). The molecular formula is C23H20N2O4S. The van der Waals surface area contributed by atoms with Crippen molar-refractivity contribution in [1.29, 1.82) is 0 Å². The van der Waals surface area contributed by atoms with Crippen LogP contribution in [0.15, 0.2) is 90.0 Å². The lowest BCUT2D eigenvalue weighted by Gasteiger charge is -2.18. The standard InChI is InChI=1S/C23H20N2O4S/c26-23(27)17-9-6-10-18(13-17)30(28,29)25-15-20(16-7-2-1-3-8-16)21-14-24-22-12-5-4-11-19(21)22/h1-14,20,24-25H,15H2,(H,26,27)/t20-/m0/s1. The topological polar surface area (TPSA) is 99.3 Å². The van der Waals surface area contributed by atoms with E-state index in [1.165, 1.54) is 18.2 Å². The van der Waals surface area contributed by atoms with Gasteiger partial charge in [-0.25, -0.2) is 17.9 Å². The van der Waals surface area contributed by atoms with Crippen molar-refractivity contribution in [3.63, 3.8) is 0 Å². The van der Waals surface area contributed by atoms with Crippen molar-refractivity contribution in [2.45, 2.75) is 10.8 Å². The first-order chi connectivity index (χ1) is 14.5. The van der Waals surface area contributed by atoms with E-state index in [0.717, 1.165) is 28.1 Å². The highest BCUT2D eigenvalue weighted by Crippen LogP contribution is 2.30. The molecule has 0 amide bonds. The van der Waals surface area contributed by atoms with Crippen molar-refractivity contribution in [3.8, 4) is 0 Å². The number of fused-ring (bicyclic) bond motifs is 1. The first kappa shape index (κ1) is 19.9. The maximum atomic E-state index is 12.9. The van der Waals surface area contributed by atoms with Crippen LogP contribution in [0.3, 0.4) is 0 Å². The van der Waals surface area contributed by atoms with Gasteiger partial charge in [-0.05, 0) is 35.4 Å². The molecule has 152 valence electrons. The Hall–Kier alpha value is -3.42. The Balaban J connectivity index is 1.68. The molecule has 1 heterocycles. The van der Waals surface area contributed by atoms with Crippen LogP contribution in [0.5, 0.6) is 0 Å². The van der Waals surface area contributed by atoms with Crippen molar-refractivity contribution in [2.24, 2.45) is 0 Å². The summed E-state index contributed by atoms with van der Waals surface area (Å²) >= 11 is 0. The van der Waals surface area contributed by atoms with E-state index in [2.05, 4.69) is 9.71 Å². The van der Waals surface area contributed by atoms with Crippen LogP contribution >= 0.6 is 0 Å². The zero-order valence-corrected chi connectivity index (χ0v) is 16.8. The highest BCUT2D eigenvalue weighted by Gasteiger charge is 2.22. The van der Waals surface area contributed by atoms with E-state index in [1.54, 1.807) is 0 Å². The SMILES string of the molecule is O=C(O)c1cccc(S(=O)(=O)NC[C@@H](c2ccccc2)c2c[nH]c3ccccc23)c1. The number of H-pyrrole nitrogens is 1. The summed E-state index contributed by atoms with van der Waals surface area (Å²) in [4.78, 5) is 14.4. The van der Waals surface area contributed by atoms with Gasteiger partial charge in [0.15, 0.2) is 0 Å². The van der Waals surface area contributed by atoms with E-state index in [0.29, 0.717) is 0 Å². The number of nitrogens with one attached hydrogen (secondary N) is 2. The van der Waals surface area contributed by atoms with Crippen LogP contribution in [0.1, 0.15) is 27.4 Å². The normalized spacial score (nSPS) is 12.7. The van der Waals surface area contributed by atoms with Gasteiger partial charge in [0.05, 0.1) is 10.5 Å². The van der Waals surface area contributed by atoms with E-state index in [4.69, 9.17) is 5.11 Å². The predicted molar refractivity (Wildman–Crippen MR) is 115 cm³/mol. The van der Waals surface area contributed by atoms with E-state index in [1.807, 2.05) is 60.8 Å². The summed E-state index contributed by atoms with van der Waals surface area (Å²) in [7, 11) is -3.89. The summed E-state index contributed by atoms with van der Waals surface area (Å²) < 4.78 is 28.4. The molecule has 3 aromatic carbocycles. The number of carboxylic acids is 1. The van der Waals surface area contributed by atoms with Gasteiger partial charge in [0.1, 0.15) is 0 Å².